The number of hydrogen-bond acceptors (Lipinski definition) is 3. The largest absolute Gasteiger partial charge is 0.399 e. The molecule has 0 saturated heterocycles. The average molecular weight is 251 g/mol. The molecule has 0 aromatic heterocycles. The lowest BCUT2D eigenvalue weighted by molar-refractivity contribution is 0.651. The van der Waals surface area contributed by atoms with Crippen LogP contribution >= 0.6 is 0 Å². The van der Waals surface area contributed by atoms with Crippen molar-refractivity contribution in [3.63, 3.8) is 0 Å². The highest BCUT2D eigenvalue weighted by Crippen LogP contribution is 2.38. The van der Waals surface area contributed by atoms with Crippen LogP contribution in [0, 0.1) is 6.92 Å². The molecule has 2 aliphatic rings. The molecule has 0 radical (unpaired) electrons. The third kappa shape index (κ3) is 1.58. The number of fused-ring (bicyclic) bond motifs is 6. The van der Waals surface area contributed by atoms with Crippen LogP contribution in [-0.2, 0) is 13.1 Å². The number of rotatable bonds is 0. The molecule has 2 aromatic carbocycles. The van der Waals surface area contributed by atoms with E-state index in [2.05, 4.69) is 47.1 Å². The SMILES string of the molecule is Cc1ccc2c(c1)CN1CN2Cc2cc(N)ccc21. The Bertz CT molecular complexity index is 606. The Morgan fingerprint density at radius 2 is 1.53 bits per heavy atom. The van der Waals surface area contributed by atoms with Crippen molar-refractivity contribution in [2.45, 2.75) is 20.0 Å². The fourth-order valence-corrected chi connectivity index (χ4v) is 3.23. The van der Waals surface area contributed by atoms with Crippen LogP contribution in [0.2, 0.25) is 0 Å². The lowest BCUT2D eigenvalue weighted by Crippen LogP contribution is -2.46. The summed E-state index contributed by atoms with van der Waals surface area (Å²) in [6.07, 6.45) is 0. The maximum Gasteiger partial charge on any atom is 0.0910 e. The molecule has 0 atom stereocenters. The molecule has 2 aromatic rings. The molecule has 96 valence electrons. The molecule has 2 aliphatic heterocycles. The van der Waals surface area contributed by atoms with Crippen LogP contribution < -0.4 is 15.5 Å². The van der Waals surface area contributed by atoms with Crippen LogP contribution in [0.15, 0.2) is 36.4 Å². The summed E-state index contributed by atoms with van der Waals surface area (Å²) in [5, 5.41) is 0. The Balaban J connectivity index is 1.83. The molecule has 0 unspecified atom stereocenters. The lowest BCUT2D eigenvalue weighted by Gasteiger charge is -2.45. The second-order valence-corrected chi connectivity index (χ2v) is 5.56. The van der Waals surface area contributed by atoms with Crippen molar-refractivity contribution in [2.24, 2.45) is 0 Å². The second-order valence-electron chi connectivity index (χ2n) is 5.56. The number of hydrogen-bond donors (Lipinski definition) is 1. The zero-order valence-corrected chi connectivity index (χ0v) is 11.1. The first-order valence-corrected chi connectivity index (χ1v) is 6.68. The monoisotopic (exact) mass is 251 g/mol. The van der Waals surface area contributed by atoms with E-state index in [0.29, 0.717) is 0 Å². The summed E-state index contributed by atoms with van der Waals surface area (Å²) in [7, 11) is 0. The number of anilines is 3. The molecule has 2 N–H and O–H groups in total. The van der Waals surface area contributed by atoms with Gasteiger partial charge in [0.05, 0.1) is 6.67 Å². The highest BCUT2D eigenvalue weighted by atomic mass is 15.4. The Morgan fingerprint density at radius 1 is 0.895 bits per heavy atom. The number of benzene rings is 2. The topological polar surface area (TPSA) is 32.5 Å². The zero-order chi connectivity index (χ0) is 13.0. The molecule has 3 nitrogen and oxygen atoms in total. The Morgan fingerprint density at radius 3 is 2.26 bits per heavy atom. The van der Waals surface area contributed by atoms with Gasteiger partial charge in [0.25, 0.3) is 0 Å². The van der Waals surface area contributed by atoms with Crippen LogP contribution in [-0.4, -0.2) is 6.67 Å². The van der Waals surface area contributed by atoms with E-state index in [1.54, 1.807) is 0 Å². The summed E-state index contributed by atoms with van der Waals surface area (Å²) in [6.45, 7) is 5.08. The fraction of sp³-hybridized carbons (Fsp3) is 0.250. The van der Waals surface area contributed by atoms with Gasteiger partial charge in [-0.3, -0.25) is 0 Å². The predicted molar refractivity (Wildman–Crippen MR) is 79.3 cm³/mol. The van der Waals surface area contributed by atoms with Crippen LogP contribution in [0.5, 0.6) is 0 Å². The molecule has 2 bridgehead atoms. The lowest BCUT2D eigenvalue weighted by atomic mass is 10.00. The average Bonchev–Trinajstić information content (AvgIpc) is 2.37. The molecule has 0 fully saturated rings. The molecular formula is C16H17N3. The van der Waals surface area contributed by atoms with Gasteiger partial charge in [0.1, 0.15) is 0 Å². The van der Waals surface area contributed by atoms with E-state index in [1.165, 1.54) is 28.1 Å². The number of aryl methyl sites for hydroxylation is 1. The van der Waals surface area contributed by atoms with Crippen molar-refractivity contribution < 1.29 is 0 Å². The van der Waals surface area contributed by atoms with E-state index in [-0.39, 0.29) is 0 Å². The van der Waals surface area contributed by atoms with Crippen molar-refractivity contribution in [1.82, 2.24) is 0 Å². The first-order chi connectivity index (χ1) is 9.20. The molecule has 0 aliphatic carbocycles. The van der Waals surface area contributed by atoms with Gasteiger partial charge in [-0.2, -0.15) is 0 Å². The smallest absolute Gasteiger partial charge is 0.0910 e. The van der Waals surface area contributed by atoms with Crippen molar-refractivity contribution in [1.29, 1.82) is 0 Å². The predicted octanol–water partition coefficient (Wildman–Crippen LogP) is 2.87. The number of nitrogens with two attached hydrogens (primary N) is 1. The van der Waals surface area contributed by atoms with Gasteiger partial charge in [-0.1, -0.05) is 17.7 Å². The summed E-state index contributed by atoms with van der Waals surface area (Å²) < 4.78 is 0. The van der Waals surface area contributed by atoms with Gasteiger partial charge < -0.3 is 15.5 Å². The van der Waals surface area contributed by atoms with Crippen molar-refractivity contribution >= 4 is 17.1 Å². The third-order valence-corrected chi connectivity index (χ3v) is 4.08. The summed E-state index contributed by atoms with van der Waals surface area (Å²) in [5.74, 6) is 0. The van der Waals surface area contributed by atoms with Gasteiger partial charge in [-0.05, 0) is 42.3 Å². The van der Waals surface area contributed by atoms with Crippen LogP contribution in [0.25, 0.3) is 0 Å². The van der Waals surface area contributed by atoms with E-state index in [4.69, 9.17) is 5.73 Å². The fourth-order valence-electron chi connectivity index (χ4n) is 3.23. The normalized spacial score (nSPS) is 16.1. The van der Waals surface area contributed by atoms with E-state index in [9.17, 15) is 0 Å². The number of nitrogen functional groups attached to an aromatic ring is 1. The van der Waals surface area contributed by atoms with Gasteiger partial charge in [-0.25, -0.2) is 0 Å². The summed E-state index contributed by atoms with van der Waals surface area (Å²) in [4.78, 5) is 4.86. The van der Waals surface area contributed by atoms with E-state index in [1.807, 2.05) is 6.07 Å². The van der Waals surface area contributed by atoms with Gasteiger partial charge in [0.2, 0.25) is 0 Å². The standard InChI is InChI=1S/C16H17N3/c1-11-2-4-15-12(6-11)8-18-10-19(15)9-13-7-14(17)3-5-16(13)18/h2-7H,8-10,17H2,1H3. The molecule has 0 spiro atoms. The Labute approximate surface area is 113 Å². The van der Waals surface area contributed by atoms with Crippen molar-refractivity contribution in [3.05, 3.63) is 53.1 Å². The second kappa shape index (κ2) is 3.67. The summed E-state index contributed by atoms with van der Waals surface area (Å²) in [6, 6.07) is 13.0. The minimum absolute atomic E-state index is 0.852. The zero-order valence-electron chi connectivity index (χ0n) is 11.1. The van der Waals surface area contributed by atoms with E-state index < -0.39 is 0 Å². The van der Waals surface area contributed by atoms with Crippen LogP contribution in [0.4, 0.5) is 17.1 Å². The van der Waals surface area contributed by atoms with Crippen molar-refractivity contribution in [2.75, 3.05) is 22.2 Å². The Hall–Kier alpha value is -2.16. The Kier molecular flexibility index (Phi) is 2.07. The highest BCUT2D eigenvalue weighted by Gasteiger charge is 2.28. The van der Waals surface area contributed by atoms with Crippen LogP contribution in [0.3, 0.4) is 0 Å². The van der Waals surface area contributed by atoms with Gasteiger partial charge in [-0.15, -0.1) is 0 Å². The number of nitrogens with zero attached hydrogens (tertiary/aromatic N) is 2. The van der Waals surface area contributed by atoms with Gasteiger partial charge in [0.15, 0.2) is 0 Å². The molecular weight excluding hydrogens is 234 g/mol. The minimum atomic E-state index is 0.852. The van der Waals surface area contributed by atoms with Crippen LogP contribution in [0.1, 0.15) is 16.7 Å². The minimum Gasteiger partial charge on any atom is -0.399 e. The maximum absolute atomic E-state index is 5.91. The molecule has 3 heteroatoms. The molecule has 2 heterocycles. The summed E-state index contributed by atoms with van der Waals surface area (Å²) in [5.41, 5.74) is 13.6. The van der Waals surface area contributed by atoms with E-state index >= 15 is 0 Å². The van der Waals surface area contributed by atoms with E-state index in [0.717, 1.165) is 25.4 Å². The maximum atomic E-state index is 5.91. The first kappa shape index (κ1) is 10.7. The summed E-state index contributed by atoms with van der Waals surface area (Å²) >= 11 is 0. The first-order valence-electron chi connectivity index (χ1n) is 6.68. The molecule has 0 saturated carbocycles. The van der Waals surface area contributed by atoms with Gasteiger partial charge in [0, 0.05) is 30.2 Å². The van der Waals surface area contributed by atoms with Gasteiger partial charge >= 0.3 is 0 Å². The third-order valence-electron chi connectivity index (χ3n) is 4.08. The molecule has 4 rings (SSSR count). The molecule has 0 amide bonds. The highest BCUT2D eigenvalue weighted by molar-refractivity contribution is 5.69. The van der Waals surface area contributed by atoms with Crippen molar-refractivity contribution in [3.8, 4) is 0 Å². The quantitative estimate of drug-likeness (QED) is 0.731. The molecule has 19 heavy (non-hydrogen) atoms.